The lowest BCUT2D eigenvalue weighted by Gasteiger charge is -2.09. The van der Waals surface area contributed by atoms with Crippen LogP contribution >= 0.6 is 0 Å². The van der Waals surface area contributed by atoms with Crippen molar-refractivity contribution in [3.05, 3.63) is 42.0 Å². The van der Waals surface area contributed by atoms with Crippen LogP contribution in [-0.4, -0.2) is 40.4 Å². The molecule has 0 atom stereocenters. The first-order valence-electron chi connectivity index (χ1n) is 8.53. The van der Waals surface area contributed by atoms with E-state index in [4.69, 9.17) is 10.2 Å². The maximum absolute atomic E-state index is 12.3. The zero-order chi connectivity index (χ0) is 19.6. The third kappa shape index (κ3) is 3.88. The topological polar surface area (TPSA) is 125 Å². The second-order valence-corrected chi connectivity index (χ2v) is 8.85. The molecular weight excluding hydrogens is 366 g/mol. The van der Waals surface area contributed by atoms with E-state index < -0.39 is 15.1 Å². The molecule has 0 unspecified atom stereocenters. The van der Waals surface area contributed by atoms with Gasteiger partial charge < -0.3 is 10.2 Å². The minimum absolute atomic E-state index is 0. The van der Waals surface area contributed by atoms with Crippen LogP contribution in [0, 0.1) is 6.92 Å². The Morgan fingerprint density at radius 1 is 1.19 bits per heavy atom. The first-order valence-corrected chi connectivity index (χ1v) is 10.1. The third-order valence-corrected chi connectivity index (χ3v) is 6.25. The molecule has 9 heteroatoms. The van der Waals surface area contributed by atoms with Crippen molar-refractivity contribution in [2.24, 2.45) is 5.73 Å². The van der Waals surface area contributed by atoms with E-state index in [0.717, 1.165) is 5.56 Å². The van der Waals surface area contributed by atoms with Gasteiger partial charge in [0.25, 0.3) is 5.89 Å². The summed E-state index contributed by atoms with van der Waals surface area (Å²) in [7, 11) is -3.32. The van der Waals surface area contributed by atoms with Crippen molar-refractivity contribution in [3.8, 4) is 22.8 Å². The molecule has 27 heavy (non-hydrogen) atoms. The minimum Gasteiger partial charge on any atom is -0.419 e. The Morgan fingerprint density at radius 3 is 2.52 bits per heavy atom. The van der Waals surface area contributed by atoms with Gasteiger partial charge >= 0.3 is 0 Å². The Labute approximate surface area is 160 Å². The van der Waals surface area contributed by atoms with Crippen molar-refractivity contribution in [2.75, 3.05) is 6.54 Å². The molecule has 2 N–H and O–H groups in total. The Kier molecular flexibility index (Phi) is 5.33. The monoisotopic (exact) mass is 391 g/mol. The van der Waals surface area contributed by atoms with Gasteiger partial charge in [-0.25, -0.2) is 13.4 Å². The number of hydrogen-bond acceptors (Lipinski definition) is 8. The first-order chi connectivity index (χ1) is 12.8. The molecule has 146 valence electrons. The highest BCUT2D eigenvalue weighted by molar-refractivity contribution is 7.92. The molecule has 0 fully saturated rings. The Balaban J connectivity index is 0.00000210. The van der Waals surface area contributed by atoms with E-state index >= 15 is 0 Å². The molecule has 0 aliphatic heterocycles. The van der Waals surface area contributed by atoms with E-state index in [1.54, 1.807) is 51.2 Å². The lowest BCUT2D eigenvalue weighted by atomic mass is 10.1. The fourth-order valence-electron chi connectivity index (χ4n) is 2.45. The smallest absolute Gasteiger partial charge is 0.268 e. The van der Waals surface area contributed by atoms with Gasteiger partial charge in [-0.2, -0.15) is 0 Å². The van der Waals surface area contributed by atoms with Crippen LogP contribution in [0.25, 0.3) is 22.8 Å². The van der Waals surface area contributed by atoms with Crippen molar-refractivity contribution < 1.29 is 15.7 Å². The number of aryl methyl sites for hydroxylation is 1. The summed E-state index contributed by atoms with van der Waals surface area (Å²) in [6.45, 7) is 5.53. The van der Waals surface area contributed by atoms with Gasteiger partial charge in [0.05, 0.1) is 27.7 Å². The molecule has 0 bridgehead atoms. The largest absolute Gasteiger partial charge is 0.419 e. The van der Waals surface area contributed by atoms with E-state index in [-0.39, 0.29) is 13.6 Å². The van der Waals surface area contributed by atoms with Gasteiger partial charge in [-0.05, 0) is 32.9 Å². The highest BCUT2D eigenvalue weighted by Gasteiger charge is 2.19. The normalized spacial score (nSPS) is 11.9. The maximum Gasteiger partial charge on any atom is 0.268 e. The van der Waals surface area contributed by atoms with Crippen molar-refractivity contribution in [2.45, 2.75) is 37.3 Å². The van der Waals surface area contributed by atoms with Crippen LogP contribution in [0.1, 0.15) is 28.3 Å². The zero-order valence-electron chi connectivity index (χ0n) is 15.4. The molecule has 8 nitrogen and oxygen atoms in total. The summed E-state index contributed by atoms with van der Waals surface area (Å²) in [6.07, 6.45) is 2.12. The summed E-state index contributed by atoms with van der Waals surface area (Å²) in [5.41, 5.74) is 7.97. The SMILES string of the molecule is Cc1ncc(-c2ccc(S(=O)(=O)C(C)C)cc2)nc1-c1nnc(CCN)o1.[HH].[HH]. The fraction of sp³-hybridized carbons (Fsp3) is 0.333. The Hall–Kier alpha value is -2.65. The molecule has 0 spiro atoms. The summed E-state index contributed by atoms with van der Waals surface area (Å²) in [6, 6.07) is 6.59. The van der Waals surface area contributed by atoms with E-state index in [2.05, 4.69) is 20.2 Å². The van der Waals surface area contributed by atoms with Gasteiger partial charge in [-0.1, -0.05) is 12.1 Å². The number of benzene rings is 1. The van der Waals surface area contributed by atoms with Crippen molar-refractivity contribution in [1.29, 1.82) is 0 Å². The highest BCUT2D eigenvalue weighted by Crippen LogP contribution is 2.25. The molecule has 0 aliphatic carbocycles. The van der Waals surface area contributed by atoms with E-state index in [9.17, 15) is 8.42 Å². The summed E-state index contributed by atoms with van der Waals surface area (Å²) in [4.78, 5) is 9.21. The second kappa shape index (κ2) is 7.53. The predicted molar refractivity (Wildman–Crippen MR) is 105 cm³/mol. The van der Waals surface area contributed by atoms with Gasteiger partial charge in [0, 0.05) is 21.4 Å². The lowest BCUT2D eigenvalue weighted by Crippen LogP contribution is -2.13. The van der Waals surface area contributed by atoms with Crippen molar-refractivity contribution in [1.82, 2.24) is 20.2 Å². The Bertz CT molecular complexity index is 1050. The standard InChI is InChI=1S/C18H21N5O3S.2H2/c1-11(2)27(24,25)14-6-4-13(5-7-14)15-10-20-12(3)17(21-15)18-23-22-16(26-18)8-9-19;;/h4-7,10-11H,8-9,19H2,1-3H3;2*1H. The number of nitrogens with two attached hydrogens (primary N) is 1. The molecule has 2 heterocycles. The molecule has 3 aromatic rings. The highest BCUT2D eigenvalue weighted by atomic mass is 32.2. The molecule has 2 aromatic heterocycles. The molecular formula is C18H25N5O3S. The minimum atomic E-state index is -3.32. The van der Waals surface area contributed by atoms with E-state index in [1.807, 2.05) is 0 Å². The van der Waals surface area contributed by atoms with Gasteiger partial charge in [-0.3, -0.25) is 4.98 Å². The first kappa shape index (κ1) is 19.1. The third-order valence-electron chi connectivity index (χ3n) is 4.08. The van der Waals surface area contributed by atoms with Gasteiger partial charge in [0.15, 0.2) is 9.84 Å². The number of aromatic nitrogens is 4. The van der Waals surface area contributed by atoms with Gasteiger partial charge in [0.2, 0.25) is 5.89 Å². The van der Waals surface area contributed by atoms with Crippen LogP contribution in [0.4, 0.5) is 0 Å². The van der Waals surface area contributed by atoms with Gasteiger partial charge in [-0.15, -0.1) is 10.2 Å². The Morgan fingerprint density at radius 2 is 1.89 bits per heavy atom. The molecule has 0 radical (unpaired) electrons. The lowest BCUT2D eigenvalue weighted by molar-refractivity contribution is 0.505. The second-order valence-electron chi connectivity index (χ2n) is 6.35. The molecule has 0 amide bonds. The molecule has 3 rings (SSSR count). The van der Waals surface area contributed by atoms with Crippen LogP contribution in [-0.2, 0) is 16.3 Å². The molecule has 0 aliphatic rings. The summed E-state index contributed by atoms with van der Waals surface area (Å²) < 4.78 is 30.1. The molecule has 0 saturated heterocycles. The van der Waals surface area contributed by atoms with E-state index in [0.29, 0.717) is 35.9 Å². The average Bonchev–Trinajstić information content (AvgIpc) is 3.11. The summed E-state index contributed by atoms with van der Waals surface area (Å²) in [5, 5.41) is 7.48. The fourth-order valence-corrected chi connectivity index (χ4v) is 3.51. The van der Waals surface area contributed by atoms with Crippen molar-refractivity contribution in [3.63, 3.8) is 0 Å². The maximum atomic E-state index is 12.3. The van der Waals surface area contributed by atoms with Crippen molar-refractivity contribution >= 4 is 9.84 Å². The zero-order valence-corrected chi connectivity index (χ0v) is 16.2. The van der Waals surface area contributed by atoms with Crippen LogP contribution < -0.4 is 5.73 Å². The number of hydrogen-bond donors (Lipinski definition) is 1. The van der Waals surface area contributed by atoms with Crippen LogP contribution in [0.15, 0.2) is 39.8 Å². The van der Waals surface area contributed by atoms with Crippen LogP contribution in [0.3, 0.4) is 0 Å². The predicted octanol–water partition coefficient (Wildman–Crippen LogP) is 2.68. The summed E-state index contributed by atoms with van der Waals surface area (Å²) >= 11 is 0. The summed E-state index contributed by atoms with van der Waals surface area (Å²) in [5.74, 6) is 0.728. The average molecular weight is 391 g/mol. The van der Waals surface area contributed by atoms with Crippen LogP contribution in [0.5, 0.6) is 0 Å². The number of nitrogens with zero attached hydrogens (tertiary/aromatic N) is 4. The number of rotatable bonds is 6. The van der Waals surface area contributed by atoms with Crippen LogP contribution in [0.2, 0.25) is 0 Å². The van der Waals surface area contributed by atoms with Gasteiger partial charge in [0.1, 0.15) is 5.69 Å². The molecule has 0 saturated carbocycles. The quantitative estimate of drug-likeness (QED) is 0.680. The van der Waals surface area contributed by atoms with E-state index in [1.165, 1.54) is 0 Å². The molecule has 1 aromatic carbocycles. The number of sulfone groups is 1.